The molecule has 1 aromatic carbocycles. The van der Waals surface area contributed by atoms with Gasteiger partial charge in [0.05, 0.1) is 11.6 Å². The van der Waals surface area contributed by atoms with Crippen molar-refractivity contribution in [3.63, 3.8) is 0 Å². The lowest BCUT2D eigenvalue weighted by Crippen LogP contribution is -2.14. The highest BCUT2D eigenvalue weighted by Crippen LogP contribution is 2.16. The largest absolute Gasteiger partial charge is 0.475 e. The molecule has 4 heteroatoms. The third kappa shape index (κ3) is 2.02. The topological polar surface area (TPSA) is 78.2 Å². The van der Waals surface area contributed by atoms with Gasteiger partial charge < -0.3 is 5.11 Å². The van der Waals surface area contributed by atoms with Gasteiger partial charge in [-0.2, -0.15) is 5.26 Å². The van der Waals surface area contributed by atoms with Crippen LogP contribution in [0.2, 0.25) is 0 Å². The Morgan fingerprint density at radius 1 is 1.33 bits per heavy atom. The predicted molar refractivity (Wildman–Crippen MR) is 52.6 cm³/mol. The first-order chi connectivity index (χ1) is 6.97. The Balaban J connectivity index is 3.42. The molecule has 0 bridgehead atoms. The molecule has 76 valence electrons. The number of hydrogen-bond acceptors (Lipinski definition) is 3. The van der Waals surface area contributed by atoms with Gasteiger partial charge in [-0.25, -0.2) is 4.79 Å². The van der Waals surface area contributed by atoms with Crippen LogP contribution in [0.4, 0.5) is 0 Å². The van der Waals surface area contributed by atoms with Crippen LogP contribution < -0.4 is 0 Å². The van der Waals surface area contributed by atoms with Crippen LogP contribution >= 0.6 is 0 Å². The molecule has 0 spiro atoms. The van der Waals surface area contributed by atoms with E-state index in [1.807, 2.05) is 6.07 Å². The molecule has 4 nitrogen and oxygen atoms in total. The maximum atomic E-state index is 11.3. The smallest absolute Gasteiger partial charge is 0.377 e. The molecule has 1 aromatic rings. The summed E-state index contributed by atoms with van der Waals surface area (Å²) in [4.78, 5) is 21.8. The summed E-state index contributed by atoms with van der Waals surface area (Å²) >= 11 is 0. The zero-order valence-electron chi connectivity index (χ0n) is 8.37. The number of carbonyl (C=O) groups excluding carboxylic acids is 1. The number of rotatable bonds is 2. The number of hydrogen-bond donors (Lipinski definition) is 1. The van der Waals surface area contributed by atoms with Crippen LogP contribution in [0.15, 0.2) is 12.1 Å². The third-order valence-electron chi connectivity index (χ3n) is 2.24. The van der Waals surface area contributed by atoms with Gasteiger partial charge in [0.25, 0.3) is 5.78 Å². The van der Waals surface area contributed by atoms with Crippen LogP contribution in [-0.2, 0) is 4.79 Å². The standard InChI is InChI=1S/C11H9NO3/c1-6-3-8(5-12)4-9(7(6)2)10(13)11(14)15/h3-4H,1-2H3,(H,14,15). The molecule has 0 aliphatic carbocycles. The second-order valence-corrected chi connectivity index (χ2v) is 3.21. The lowest BCUT2D eigenvalue weighted by Gasteiger charge is -2.05. The molecule has 0 aromatic heterocycles. The van der Waals surface area contributed by atoms with Crippen LogP contribution in [0.5, 0.6) is 0 Å². The number of carboxylic acids is 1. The van der Waals surface area contributed by atoms with Crippen molar-refractivity contribution < 1.29 is 14.7 Å². The number of aryl methyl sites for hydroxylation is 1. The summed E-state index contributed by atoms with van der Waals surface area (Å²) in [7, 11) is 0. The number of carboxylic acid groups (broad SMARTS) is 1. The van der Waals surface area contributed by atoms with Crippen molar-refractivity contribution >= 4 is 11.8 Å². The molecular formula is C11H9NO3. The van der Waals surface area contributed by atoms with Gasteiger partial charge in [-0.3, -0.25) is 4.79 Å². The van der Waals surface area contributed by atoms with E-state index in [1.54, 1.807) is 19.9 Å². The van der Waals surface area contributed by atoms with Gasteiger partial charge in [-0.05, 0) is 37.1 Å². The Bertz CT molecular complexity index is 483. The van der Waals surface area contributed by atoms with Gasteiger partial charge in [-0.15, -0.1) is 0 Å². The molecule has 0 saturated carbocycles. The highest BCUT2D eigenvalue weighted by molar-refractivity contribution is 6.40. The number of Topliss-reactive ketones (excluding diaryl/α,β-unsaturated/α-hetero) is 1. The lowest BCUT2D eigenvalue weighted by atomic mass is 9.97. The minimum Gasteiger partial charge on any atom is -0.475 e. The highest BCUT2D eigenvalue weighted by Gasteiger charge is 2.18. The van der Waals surface area contributed by atoms with Gasteiger partial charge in [0, 0.05) is 5.56 Å². The molecule has 0 unspecified atom stereocenters. The molecule has 0 fully saturated rings. The second kappa shape index (κ2) is 3.93. The average Bonchev–Trinajstić information content (AvgIpc) is 2.20. The van der Waals surface area contributed by atoms with Gasteiger partial charge in [0.1, 0.15) is 0 Å². The molecule has 0 aliphatic heterocycles. The summed E-state index contributed by atoms with van der Waals surface area (Å²) in [6.45, 7) is 3.39. The molecule has 0 saturated heterocycles. The van der Waals surface area contributed by atoms with Crippen molar-refractivity contribution in [2.75, 3.05) is 0 Å². The van der Waals surface area contributed by atoms with Crippen molar-refractivity contribution in [3.8, 4) is 6.07 Å². The number of benzene rings is 1. The summed E-state index contributed by atoms with van der Waals surface area (Å²) in [5, 5.41) is 17.3. The molecule has 0 amide bonds. The maximum absolute atomic E-state index is 11.3. The van der Waals surface area contributed by atoms with Gasteiger partial charge in [0.2, 0.25) is 0 Å². The van der Waals surface area contributed by atoms with E-state index in [0.29, 0.717) is 11.1 Å². The Labute approximate surface area is 86.8 Å². The molecule has 15 heavy (non-hydrogen) atoms. The Morgan fingerprint density at radius 2 is 1.93 bits per heavy atom. The second-order valence-electron chi connectivity index (χ2n) is 3.21. The van der Waals surface area contributed by atoms with E-state index in [9.17, 15) is 9.59 Å². The van der Waals surface area contributed by atoms with E-state index < -0.39 is 11.8 Å². The van der Waals surface area contributed by atoms with Crippen LogP contribution in [0.3, 0.4) is 0 Å². The van der Waals surface area contributed by atoms with Crippen LogP contribution in [-0.4, -0.2) is 16.9 Å². The van der Waals surface area contributed by atoms with Crippen molar-refractivity contribution in [2.24, 2.45) is 0 Å². The quantitative estimate of drug-likeness (QED) is 0.582. The SMILES string of the molecule is Cc1cc(C#N)cc(C(=O)C(=O)O)c1C. The van der Waals surface area contributed by atoms with Crippen LogP contribution in [0.25, 0.3) is 0 Å². The first kappa shape index (κ1) is 10.9. The van der Waals surface area contributed by atoms with Gasteiger partial charge in [0.15, 0.2) is 0 Å². The Kier molecular flexibility index (Phi) is 2.86. The van der Waals surface area contributed by atoms with Crippen molar-refractivity contribution in [3.05, 3.63) is 34.4 Å². The summed E-state index contributed by atoms with van der Waals surface area (Å²) in [6.07, 6.45) is 0. The van der Waals surface area contributed by atoms with Gasteiger partial charge in [-0.1, -0.05) is 0 Å². The van der Waals surface area contributed by atoms with E-state index in [1.165, 1.54) is 6.07 Å². The van der Waals surface area contributed by atoms with Crippen molar-refractivity contribution in [1.29, 1.82) is 5.26 Å². The summed E-state index contributed by atoms with van der Waals surface area (Å²) in [5.74, 6) is -2.49. The summed E-state index contributed by atoms with van der Waals surface area (Å²) in [5.41, 5.74) is 1.71. The molecule has 0 atom stereocenters. The van der Waals surface area contributed by atoms with Crippen molar-refractivity contribution in [1.82, 2.24) is 0 Å². The fourth-order valence-corrected chi connectivity index (χ4v) is 1.27. The summed E-state index contributed by atoms with van der Waals surface area (Å²) < 4.78 is 0. The number of nitriles is 1. The normalized spacial score (nSPS) is 9.40. The monoisotopic (exact) mass is 203 g/mol. The predicted octanol–water partition coefficient (Wildman–Crippen LogP) is 1.44. The van der Waals surface area contributed by atoms with E-state index in [0.717, 1.165) is 5.56 Å². The minimum atomic E-state index is -1.51. The zero-order chi connectivity index (χ0) is 11.6. The molecule has 0 heterocycles. The minimum absolute atomic E-state index is 0.0825. The van der Waals surface area contributed by atoms with Crippen LogP contribution in [0.1, 0.15) is 27.0 Å². The van der Waals surface area contributed by atoms with Crippen LogP contribution in [0, 0.1) is 25.2 Å². The van der Waals surface area contributed by atoms with Crippen molar-refractivity contribution in [2.45, 2.75) is 13.8 Å². The first-order valence-corrected chi connectivity index (χ1v) is 4.26. The van der Waals surface area contributed by atoms with E-state index >= 15 is 0 Å². The Hall–Kier alpha value is -2.15. The number of ketones is 1. The van der Waals surface area contributed by atoms with E-state index in [4.69, 9.17) is 10.4 Å². The highest BCUT2D eigenvalue weighted by atomic mass is 16.4. The molecule has 1 rings (SSSR count). The third-order valence-corrected chi connectivity index (χ3v) is 2.24. The average molecular weight is 203 g/mol. The fourth-order valence-electron chi connectivity index (χ4n) is 1.27. The molecular weight excluding hydrogens is 194 g/mol. The fraction of sp³-hybridized carbons (Fsp3) is 0.182. The molecule has 1 N–H and O–H groups in total. The number of carbonyl (C=O) groups is 2. The van der Waals surface area contributed by atoms with E-state index in [2.05, 4.69) is 0 Å². The zero-order valence-corrected chi connectivity index (χ0v) is 8.37. The van der Waals surface area contributed by atoms with Gasteiger partial charge >= 0.3 is 5.97 Å². The number of nitrogens with zero attached hydrogens (tertiary/aromatic N) is 1. The first-order valence-electron chi connectivity index (χ1n) is 4.26. The molecule has 0 aliphatic rings. The Morgan fingerprint density at radius 3 is 2.40 bits per heavy atom. The summed E-state index contributed by atoms with van der Waals surface area (Å²) in [6, 6.07) is 4.81. The number of aliphatic carboxylic acids is 1. The van der Waals surface area contributed by atoms with E-state index in [-0.39, 0.29) is 5.56 Å². The lowest BCUT2D eigenvalue weighted by molar-refractivity contribution is -0.131. The maximum Gasteiger partial charge on any atom is 0.377 e. The molecule has 0 radical (unpaired) electrons.